The van der Waals surface area contributed by atoms with Gasteiger partial charge in [-0.15, -0.1) is 0 Å². The molecule has 0 spiro atoms. The lowest BCUT2D eigenvalue weighted by atomic mass is 9.93. The third kappa shape index (κ3) is 2.58. The predicted octanol–water partition coefficient (Wildman–Crippen LogP) is 4.46. The first-order valence-corrected chi connectivity index (χ1v) is 6.34. The monoisotopic (exact) mass is 224 g/mol. The van der Waals surface area contributed by atoms with Crippen molar-refractivity contribution in [2.45, 2.75) is 33.6 Å². The van der Waals surface area contributed by atoms with Crippen molar-refractivity contribution in [3.05, 3.63) is 70.3 Å². The van der Waals surface area contributed by atoms with E-state index in [0.29, 0.717) is 0 Å². The van der Waals surface area contributed by atoms with E-state index >= 15 is 0 Å². The average Bonchev–Trinajstić information content (AvgIpc) is 2.37. The molecule has 2 aromatic rings. The lowest BCUT2D eigenvalue weighted by molar-refractivity contribution is 1.06. The van der Waals surface area contributed by atoms with Crippen molar-refractivity contribution >= 4 is 0 Å². The SMILES string of the molecule is CCc1ccc(Cc2ccccc2)c(C)c1C. The molecule has 0 fully saturated rings. The molecular weight excluding hydrogens is 204 g/mol. The van der Waals surface area contributed by atoms with Gasteiger partial charge in [-0.2, -0.15) is 0 Å². The highest BCUT2D eigenvalue weighted by atomic mass is 14.1. The van der Waals surface area contributed by atoms with Crippen LogP contribution in [0.3, 0.4) is 0 Å². The van der Waals surface area contributed by atoms with Gasteiger partial charge < -0.3 is 0 Å². The molecule has 88 valence electrons. The summed E-state index contributed by atoms with van der Waals surface area (Å²) in [6.07, 6.45) is 2.16. The maximum atomic E-state index is 2.29. The first-order valence-electron chi connectivity index (χ1n) is 6.34. The fourth-order valence-electron chi connectivity index (χ4n) is 2.32. The van der Waals surface area contributed by atoms with Crippen molar-refractivity contribution < 1.29 is 0 Å². The maximum absolute atomic E-state index is 2.29. The summed E-state index contributed by atoms with van der Waals surface area (Å²) in [4.78, 5) is 0. The van der Waals surface area contributed by atoms with Crippen LogP contribution in [0.1, 0.15) is 34.7 Å². The van der Waals surface area contributed by atoms with Crippen LogP contribution in [0.5, 0.6) is 0 Å². The predicted molar refractivity (Wildman–Crippen MR) is 74.5 cm³/mol. The second kappa shape index (κ2) is 5.18. The van der Waals surface area contributed by atoms with E-state index in [1.165, 1.54) is 27.8 Å². The van der Waals surface area contributed by atoms with Crippen molar-refractivity contribution in [2.75, 3.05) is 0 Å². The second-order valence-corrected chi connectivity index (χ2v) is 4.65. The summed E-state index contributed by atoms with van der Waals surface area (Å²) < 4.78 is 0. The van der Waals surface area contributed by atoms with Gasteiger partial charge in [0, 0.05) is 0 Å². The Morgan fingerprint density at radius 1 is 0.765 bits per heavy atom. The quantitative estimate of drug-likeness (QED) is 0.722. The van der Waals surface area contributed by atoms with E-state index in [1.54, 1.807) is 0 Å². The molecule has 0 aliphatic heterocycles. The van der Waals surface area contributed by atoms with Gasteiger partial charge in [0.05, 0.1) is 0 Å². The van der Waals surface area contributed by atoms with Gasteiger partial charge in [-0.3, -0.25) is 0 Å². The Morgan fingerprint density at radius 3 is 2.00 bits per heavy atom. The molecular formula is C17H20. The molecule has 0 bridgehead atoms. The van der Waals surface area contributed by atoms with Crippen LogP contribution in [-0.2, 0) is 12.8 Å². The molecule has 0 aliphatic rings. The topological polar surface area (TPSA) is 0 Å². The summed E-state index contributed by atoms with van der Waals surface area (Å²) in [7, 11) is 0. The zero-order chi connectivity index (χ0) is 12.3. The third-order valence-corrected chi connectivity index (χ3v) is 3.63. The highest BCUT2D eigenvalue weighted by Gasteiger charge is 2.05. The molecule has 0 aromatic heterocycles. The van der Waals surface area contributed by atoms with Crippen molar-refractivity contribution in [2.24, 2.45) is 0 Å². The van der Waals surface area contributed by atoms with E-state index in [1.807, 2.05) is 0 Å². The van der Waals surface area contributed by atoms with Crippen LogP contribution in [0.2, 0.25) is 0 Å². The summed E-state index contributed by atoms with van der Waals surface area (Å²) in [6.45, 7) is 6.70. The van der Waals surface area contributed by atoms with Gasteiger partial charge in [0.2, 0.25) is 0 Å². The van der Waals surface area contributed by atoms with Gasteiger partial charge >= 0.3 is 0 Å². The largest absolute Gasteiger partial charge is 0.0622 e. The van der Waals surface area contributed by atoms with Crippen LogP contribution in [0.4, 0.5) is 0 Å². The van der Waals surface area contributed by atoms with E-state index < -0.39 is 0 Å². The molecule has 0 heterocycles. The number of benzene rings is 2. The third-order valence-electron chi connectivity index (χ3n) is 3.63. The van der Waals surface area contributed by atoms with Gasteiger partial charge in [0.1, 0.15) is 0 Å². The first-order chi connectivity index (χ1) is 8.22. The second-order valence-electron chi connectivity index (χ2n) is 4.65. The number of aryl methyl sites for hydroxylation is 1. The molecule has 0 saturated heterocycles. The van der Waals surface area contributed by atoms with E-state index in [9.17, 15) is 0 Å². The van der Waals surface area contributed by atoms with Crippen LogP contribution >= 0.6 is 0 Å². The number of rotatable bonds is 3. The van der Waals surface area contributed by atoms with E-state index in [0.717, 1.165) is 12.8 Å². The summed E-state index contributed by atoms with van der Waals surface area (Å²) in [5, 5.41) is 0. The Bertz CT molecular complexity index is 495. The van der Waals surface area contributed by atoms with Gasteiger partial charge in [0.25, 0.3) is 0 Å². The molecule has 0 nitrogen and oxygen atoms in total. The van der Waals surface area contributed by atoms with E-state index in [4.69, 9.17) is 0 Å². The van der Waals surface area contributed by atoms with E-state index in [2.05, 4.69) is 63.2 Å². The molecule has 0 saturated carbocycles. The maximum Gasteiger partial charge on any atom is -0.00230 e. The minimum atomic E-state index is 1.04. The zero-order valence-corrected chi connectivity index (χ0v) is 11.0. The lowest BCUT2D eigenvalue weighted by Crippen LogP contribution is -1.97. The summed E-state index contributed by atoms with van der Waals surface area (Å²) in [6, 6.07) is 15.2. The molecule has 0 N–H and O–H groups in total. The zero-order valence-electron chi connectivity index (χ0n) is 11.0. The summed E-state index contributed by atoms with van der Waals surface area (Å²) in [5.74, 6) is 0. The molecule has 0 unspecified atom stereocenters. The fourth-order valence-corrected chi connectivity index (χ4v) is 2.32. The highest BCUT2D eigenvalue weighted by Crippen LogP contribution is 2.20. The van der Waals surface area contributed by atoms with Crippen LogP contribution in [0, 0.1) is 13.8 Å². The van der Waals surface area contributed by atoms with Crippen LogP contribution < -0.4 is 0 Å². The molecule has 2 rings (SSSR count). The van der Waals surface area contributed by atoms with E-state index in [-0.39, 0.29) is 0 Å². The van der Waals surface area contributed by atoms with Gasteiger partial charge in [-0.25, -0.2) is 0 Å². The Morgan fingerprint density at radius 2 is 1.35 bits per heavy atom. The molecule has 0 heteroatoms. The molecule has 0 radical (unpaired) electrons. The van der Waals surface area contributed by atoms with Crippen LogP contribution in [0.15, 0.2) is 42.5 Å². The van der Waals surface area contributed by atoms with Gasteiger partial charge in [0.15, 0.2) is 0 Å². The normalized spacial score (nSPS) is 10.5. The molecule has 0 amide bonds. The van der Waals surface area contributed by atoms with Crippen molar-refractivity contribution in [3.8, 4) is 0 Å². The lowest BCUT2D eigenvalue weighted by Gasteiger charge is -2.12. The van der Waals surface area contributed by atoms with Gasteiger partial charge in [-0.1, -0.05) is 49.4 Å². The number of hydrogen-bond donors (Lipinski definition) is 0. The van der Waals surface area contributed by atoms with Crippen molar-refractivity contribution in [1.29, 1.82) is 0 Å². The Kier molecular flexibility index (Phi) is 3.63. The average molecular weight is 224 g/mol. The molecule has 17 heavy (non-hydrogen) atoms. The Hall–Kier alpha value is -1.56. The van der Waals surface area contributed by atoms with Crippen molar-refractivity contribution in [1.82, 2.24) is 0 Å². The highest BCUT2D eigenvalue weighted by molar-refractivity contribution is 5.41. The van der Waals surface area contributed by atoms with Gasteiger partial charge in [-0.05, 0) is 54.5 Å². The van der Waals surface area contributed by atoms with Crippen molar-refractivity contribution in [3.63, 3.8) is 0 Å². The standard InChI is InChI=1S/C17H20/c1-4-16-10-11-17(14(3)13(16)2)12-15-8-6-5-7-9-15/h5-11H,4,12H2,1-3H3. The minimum absolute atomic E-state index is 1.04. The minimum Gasteiger partial charge on any atom is -0.0622 e. The van der Waals surface area contributed by atoms with Crippen LogP contribution in [0.25, 0.3) is 0 Å². The molecule has 2 aromatic carbocycles. The Balaban J connectivity index is 2.32. The Labute approximate surface area is 104 Å². The fraction of sp³-hybridized carbons (Fsp3) is 0.294. The summed E-state index contributed by atoms with van der Waals surface area (Å²) >= 11 is 0. The molecule has 0 aliphatic carbocycles. The first kappa shape index (κ1) is 11.9. The smallest absolute Gasteiger partial charge is 0.00230 e. The molecule has 0 atom stereocenters. The summed E-state index contributed by atoms with van der Waals surface area (Å²) in [5.41, 5.74) is 7.22. The number of hydrogen-bond acceptors (Lipinski definition) is 0. The van der Waals surface area contributed by atoms with Crippen LogP contribution in [-0.4, -0.2) is 0 Å².